The molecule has 1 aliphatic carbocycles. The molecule has 92 valence electrons. The molecule has 0 bridgehead atoms. The molecule has 0 amide bonds. The summed E-state index contributed by atoms with van der Waals surface area (Å²) >= 11 is 0. The predicted octanol–water partition coefficient (Wildman–Crippen LogP) is 2.66. The van der Waals surface area contributed by atoms with Crippen LogP contribution in [0.5, 0.6) is 11.5 Å². The normalized spacial score (nSPS) is 23.7. The van der Waals surface area contributed by atoms with Gasteiger partial charge in [-0.15, -0.1) is 0 Å². The molecule has 2 fully saturated rings. The summed E-state index contributed by atoms with van der Waals surface area (Å²) in [5, 5.41) is 3.51. The quantitative estimate of drug-likeness (QED) is 0.867. The van der Waals surface area contributed by atoms with Crippen LogP contribution in [0.25, 0.3) is 0 Å². The Balaban J connectivity index is 1.83. The lowest BCUT2D eigenvalue weighted by Gasteiger charge is -2.15. The van der Waals surface area contributed by atoms with Gasteiger partial charge in [-0.2, -0.15) is 0 Å². The van der Waals surface area contributed by atoms with Gasteiger partial charge in [-0.05, 0) is 49.9 Å². The number of hydrogen-bond donors (Lipinski definition) is 1. The third kappa shape index (κ3) is 2.39. The first-order valence-corrected chi connectivity index (χ1v) is 6.45. The smallest absolute Gasteiger partial charge is 0.161 e. The van der Waals surface area contributed by atoms with Gasteiger partial charge in [0.25, 0.3) is 0 Å². The minimum Gasteiger partial charge on any atom is -0.493 e. The fourth-order valence-electron chi connectivity index (χ4n) is 2.34. The molecule has 1 saturated heterocycles. The summed E-state index contributed by atoms with van der Waals surface area (Å²) in [6, 6.07) is 6.79. The van der Waals surface area contributed by atoms with Crippen molar-refractivity contribution in [3.63, 3.8) is 0 Å². The van der Waals surface area contributed by atoms with Crippen LogP contribution in [0, 0.1) is 0 Å². The Morgan fingerprint density at radius 1 is 1.18 bits per heavy atom. The lowest BCUT2D eigenvalue weighted by molar-refractivity contribution is 0.281. The van der Waals surface area contributed by atoms with Crippen LogP contribution >= 0.6 is 0 Å². The molecule has 1 heterocycles. The zero-order valence-electron chi connectivity index (χ0n) is 10.2. The summed E-state index contributed by atoms with van der Waals surface area (Å²) in [7, 11) is 1.70. The average Bonchev–Trinajstić information content (AvgIpc) is 3.00. The minimum absolute atomic E-state index is 0.413. The highest BCUT2D eigenvalue weighted by molar-refractivity contribution is 5.44. The Morgan fingerprint density at radius 3 is 2.71 bits per heavy atom. The third-order valence-electron chi connectivity index (χ3n) is 3.47. The Morgan fingerprint density at radius 2 is 2.06 bits per heavy atom. The lowest BCUT2D eigenvalue weighted by Crippen LogP contribution is -2.13. The molecule has 0 aromatic heterocycles. The minimum atomic E-state index is 0.413. The van der Waals surface area contributed by atoms with Gasteiger partial charge < -0.3 is 14.8 Å². The van der Waals surface area contributed by atoms with E-state index in [4.69, 9.17) is 9.47 Å². The van der Waals surface area contributed by atoms with Gasteiger partial charge in [0.05, 0.1) is 13.2 Å². The van der Waals surface area contributed by atoms with Crippen LogP contribution in [0.3, 0.4) is 0 Å². The van der Waals surface area contributed by atoms with E-state index in [-0.39, 0.29) is 0 Å². The van der Waals surface area contributed by atoms with Gasteiger partial charge in [-0.3, -0.25) is 0 Å². The van der Waals surface area contributed by atoms with Crippen LogP contribution in [0.4, 0.5) is 0 Å². The molecule has 1 aliphatic heterocycles. The molecule has 1 aromatic rings. The van der Waals surface area contributed by atoms with Gasteiger partial charge in [-0.1, -0.05) is 6.07 Å². The van der Waals surface area contributed by atoms with Crippen LogP contribution in [0.15, 0.2) is 18.2 Å². The van der Waals surface area contributed by atoms with Crippen molar-refractivity contribution in [3.05, 3.63) is 23.8 Å². The second kappa shape index (κ2) is 4.57. The largest absolute Gasteiger partial charge is 0.493 e. The summed E-state index contributed by atoms with van der Waals surface area (Å²) < 4.78 is 11.2. The zero-order valence-corrected chi connectivity index (χ0v) is 10.2. The van der Waals surface area contributed by atoms with E-state index < -0.39 is 0 Å². The maximum atomic E-state index is 5.89. The van der Waals surface area contributed by atoms with Crippen molar-refractivity contribution in [3.8, 4) is 11.5 Å². The fraction of sp³-hybridized carbons (Fsp3) is 0.571. The molecular weight excluding hydrogens is 214 g/mol. The molecule has 3 heteroatoms. The highest BCUT2D eigenvalue weighted by Crippen LogP contribution is 2.36. The Hall–Kier alpha value is -1.22. The number of ether oxygens (including phenoxy) is 2. The molecule has 17 heavy (non-hydrogen) atoms. The summed E-state index contributed by atoms with van der Waals surface area (Å²) in [4.78, 5) is 0. The van der Waals surface area contributed by atoms with Crippen molar-refractivity contribution in [2.75, 3.05) is 13.7 Å². The van der Waals surface area contributed by atoms with E-state index in [0.717, 1.165) is 18.0 Å². The second-order valence-electron chi connectivity index (χ2n) is 4.88. The first-order chi connectivity index (χ1) is 8.36. The second-order valence-corrected chi connectivity index (χ2v) is 4.88. The van der Waals surface area contributed by atoms with E-state index in [1.807, 2.05) is 6.07 Å². The van der Waals surface area contributed by atoms with E-state index in [1.54, 1.807) is 7.11 Å². The SMILES string of the molecule is COc1ccc(C2CCCN2)cc1OC1CC1. The Kier molecular flexibility index (Phi) is 2.93. The molecule has 1 N–H and O–H groups in total. The Labute approximate surface area is 102 Å². The number of rotatable bonds is 4. The van der Waals surface area contributed by atoms with E-state index in [9.17, 15) is 0 Å². The van der Waals surface area contributed by atoms with Gasteiger partial charge in [0.2, 0.25) is 0 Å². The molecule has 1 atom stereocenters. The van der Waals surface area contributed by atoms with E-state index in [0.29, 0.717) is 12.1 Å². The summed E-state index contributed by atoms with van der Waals surface area (Å²) in [6.45, 7) is 1.12. The highest BCUT2D eigenvalue weighted by atomic mass is 16.5. The van der Waals surface area contributed by atoms with Crippen molar-refractivity contribution < 1.29 is 9.47 Å². The molecule has 0 radical (unpaired) electrons. The maximum Gasteiger partial charge on any atom is 0.161 e. The number of methoxy groups -OCH3 is 1. The van der Waals surface area contributed by atoms with Gasteiger partial charge in [-0.25, -0.2) is 0 Å². The van der Waals surface area contributed by atoms with Crippen molar-refractivity contribution in [1.29, 1.82) is 0 Å². The van der Waals surface area contributed by atoms with Crippen LogP contribution < -0.4 is 14.8 Å². The van der Waals surface area contributed by atoms with E-state index in [1.165, 1.54) is 31.2 Å². The first kappa shape index (κ1) is 10.9. The van der Waals surface area contributed by atoms with E-state index >= 15 is 0 Å². The molecule has 1 saturated carbocycles. The van der Waals surface area contributed by atoms with Crippen molar-refractivity contribution in [1.82, 2.24) is 5.32 Å². The molecular formula is C14H19NO2. The standard InChI is InChI=1S/C14H19NO2/c1-16-13-7-4-10(12-3-2-8-15-12)9-14(13)17-11-5-6-11/h4,7,9,11-12,15H,2-3,5-6,8H2,1H3. The van der Waals surface area contributed by atoms with Gasteiger partial charge in [0, 0.05) is 6.04 Å². The molecule has 1 unspecified atom stereocenters. The van der Waals surface area contributed by atoms with Gasteiger partial charge in [0.15, 0.2) is 11.5 Å². The predicted molar refractivity (Wildman–Crippen MR) is 66.6 cm³/mol. The lowest BCUT2D eigenvalue weighted by atomic mass is 10.0. The number of hydrogen-bond acceptors (Lipinski definition) is 3. The number of benzene rings is 1. The average molecular weight is 233 g/mol. The van der Waals surface area contributed by atoms with Crippen LogP contribution in [0.2, 0.25) is 0 Å². The topological polar surface area (TPSA) is 30.5 Å². The van der Waals surface area contributed by atoms with E-state index in [2.05, 4.69) is 17.4 Å². The molecule has 0 spiro atoms. The fourth-order valence-corrected chi connectivity index (χ4v) is 2.34. The van der Waals surface area contributed by atoms with Gasteiger partial charge in [0.1, 0.15) is 0 Å². The van der Waals surface area contributed by atoms with Crippen LogP contribution in [-0.2, 0) is 0 Å². The molecule has 3 nitrogen and oxygen atoms in total. The number of nitrogens with one attached hydrogen (secondary N) is 1. The first-order valence-electron chi connectivity index (χ1n) is 6.45. The maximum absolute atomic E-state index is 5.89. The highest BCUT2D eigenvalue weighted by Gasteiger charge is 2.26. The monoisotopic (exact) mass is 233 g/mol. The zero-order chi connectivity index (χ0) is 11.7. The van der Waals surface area contributed by atoms with Crippen molar-refractivity contribution in [2.24, 2.45) is 0 Å². The van der Waals surface area contributed by atoms with Crippen LogP contribution in [0.1, 0.15) is 37.3 Å². The molecule has 1 aromatic carbocycles. The molecule has 2 aliphatic rings. The Bertz CT molecular complexity index is 395. The van der Waals surface area contributed by atoms with Crippen molar-refractivity contribution in [2.45, 2.75) is 37.8 Å². The third-order valence-corrected chi connectivity index (χ3v) is 3.47. The summed E-state index contributed by atoms with van der Waals surface area (Å²) in [5.41, 5.74) is 1.32. The van der Waals surface area contributed by atoms with Gasteiger partial charge >= 0.3 is 0 Å². The van der Waals surface area contributed by atoms with Crippen LogP contribution in [-0.4, -0.2) is 19.8 Å². The summed E-state index contributed by atoms with van der Waals surface area (Å²) in [6.07, 6.45) is 5.24. The molecule has 3 rings (SSSR count). The summed E-state index contributed by atoms with van der Waals surface area (Å²) in [5.74, 6) is 1.75. The van der Waals surface area contributed by atoms with Crippen molar-refractivity contribution >= 4 is 0 Å².